The number of carbonyl (C=O) groups is 1. The molecule has 3 heterocycles. The summed E-state index contributed by atoms with van der Waals surface area (Å²) < 4.78 is 50.6. The van der Waals surface area contributed by atoms with Crippen LogP contribution < -0.4 is 10.6 Å². The van der Waals surface area contributed by atoms with Crippen molar-refractivity contribution in [3.63, 3.8) is 0 Å². The zero-order valence-electron chi connectivity index (χ0n) is 15.4. The Morgan fingerprint density at radius 3 is 2.72 bits per heavy atom. The molecular weight excluding hydrogens is 394 g/mol. The van der Waals surface area contributed by atoms with Gasteiger partial charge in [0.2, 0.25) is 5.91 Å². The normalized spacial score (nSPS) is 12.9. The maximum Gasteiger partial charge on any atom is 0.405 e. The lowest BCUT2D eigenvalue weighted by molar-refractivity contribution is -0.139. The van der Waals surface area contributed by atoms with Gasteiger partial charge >= 0.3 is 6.18 Å². The lowest BCUT2D eigenvalue weighted by Gasteiger charge is -2.22. The van der Waals surface area contributed by atoms with Crippen LogP contribution in [0.1, 0.15) is 13.8 Å². The number of pyridine rings is 1. The fraction of sp³-hybridized carbons (Fsp3) is 0.353. The van der Waals surface area contributed by atoms with Gasteiger partial charge in [0.05, 0.1) is 12.4 Å². The van der Waals surface area contributed by atoms with Crippen LogP contribution >= 0.6 is 0 Å². The highest BCUT2D eigenvalue weighted by Crippen LogP contribution is 2.26. The number of amides is 1. The van der Waals surface area contributed by atoms with E-state index >= 15 is 0 Å². The summed E-state index contributed by atoms with van der Waals surface area (Å²) in [6, 6.07) is 0.281. The van der Waals surface area contributed by atoms with Crippen LogP contribution in [-0.2, 0) is 4.79 Å². The molecule has 1 atom stereocenters. The van der Waals surface area contributed by atoms with Crippen LogP contribution in [0.3, 0.4) is 0 Å². The van der Waals surface area contributed by atoms with Crippen molar-refractivity contribution in [2.75, 3.05) is 11.9 Å². The number of rotatable bonds is 6. The summed E-state index contributed by atoms with van der Waals surface area (Å²) in [6.07, 6.45) is -0.677. The molecule has 12 heteroatoms. The Kier molecular flexibility index (Phi) is 5.62. The van der Waals surface area contributed by atoms with Gasteiger partial charge < -0.3 is 15.6 Å². The quantitative estimate of drug-likeness (QED) is 0.538. The first-order chi connectivity index (χ1) is 13.6. The molecule has 0 unspecified atom stereocenters. The van der Waals surface area contributed by atoms with Gasteiger partial charge in [0.15, 0.2) is 5.82 Å². The van der Waals surface area contributed by atoms with Gasteiger partial charge in [-0.2, -0.15) is 18.3 Å². The van der Waals surface area contributed by atoms with Crippen molar-refractivity contribution in [2.24, 2.45) is 5.92 Å². The van der Waals surface area contributed by atoms with Gasteiger partial charge in [-0.25, -0.2) is 14.4 Å². The molecule has 0 radical (unpaired) electrons. The number of nitrogens with zero attached hydrogens (tertiary/aromatic N) is 4. The van der Waals surface area contributed by atoms with E-state index in [1.165, 1.54) is 18.5 Å². The highest BCUT2D eigenvalue weighted by molar-refractivity contribution is 5.91. The number of aromatic nitrogens is 5. The monoisotopic (exact) mass is 411 g/mol. The molecule has 0 spiro atoms. The molecule has 3 N–H and O–H groups in total. The third kappa shape index (κ3) is 4.95. The average Bonchev–Trinajstić information content (AvgIpc) is 3.06. The Morgan fingerprint density at radius 2 is 2.03 bits per heavy atom. The summed E-state index contributed by atoms with van der Waals surface area (Å²) in [4.78, 5) is 23.2. The molecule has 1 amide bonds. The molecule has 3 rings (SSSR count). The molecule has 0 aliphatic rings. The largest absolute Gasteiger partial charge is 0.405 e. The lowest BCUT2D eigenvalue weighted by Crippen LogP contribution is -2.46. The molecular formula is C17H17F4N7O. The van der Waals surface area contributed by atoms with Crippen molar-refractivity contribution in [3.05, 3.63) is 30.5 Å². The van der Waals surface area contributed by atoms with Crippen molar-refractivity contribution in [2.45, 2.75) is 26.1 Å². The Morgan fingerprint density at radius 1 is 1.28 bits per heavy atom. The fourth-order valence-electron chi connectivity index (χ4n) is 2.64. The number of aromatic amines is 1. The van der Waals surface area contributed by atoms with Crippen molar-refractivity contribution < 1.29 is 22.4 Å². The Hall–Kier alpha value is -3.31. The molecule has 0 aliphatic carbocycles. The van der Waals surface area contributed by atoms with Crippen LogP contribution in [-0.4, -0.2) is 49.8 Å². The van der Waals surface area contributed by atoms with Crippen molar-refractivity contribution >= 4 is 22.8 Å². The van der Waals surface area contributed by atoms with Gasteiger partial charge in [0.1, 0.15) is 29.9 Å². The zero-order chi connectivity index (χ0) is 21.2. The second kappa shape index (κ2) is 7.97. The van der Waals surface area contributed by atoms with E-state index in [1.54, 1.807) is 13.8 Å². The van der Waals surface area contributed by atoms with Crippen LogP contribution in [0.4, 0.5) is 23.4 Å². The smallest absolute Gasteiger partial charge is 0.357 e. The minimum absolute atomic E-state index is 0.131. The predicted octanol–water partition coefficient (Wildman–Crippen LogP) is 2.67. The Bertz CT molecular complexity index is 1020. The second-order valence-electron chi connectivity index (χ2n) is 6.62. The van der Waals surface area contributed by atoms with Gasteiger partial charge in [-0.3, -0.25) is 4.79 Å². The zero-order valence-corrected chi connectivity index (χ0v) is 15.4. The summed E-state index contributed by atoms with van der Waals surface area (Å²) in [5.41, 5.74) is 0.862. The van der Waals surface area contributed by atoms with E-state index < -0.39 is 30.5 Å². The van der Waals surface area contributed by atoms with Gasteiger partial charge in [0, 0.05) is 17.1 Å². The number of carbonyl (C=O) groups excluding carboxylic acids is 1. The van der Waals surface area contributed by atoms with Crippen molar-refractivity contribution in [1.29, 1.82) is 0 Å². The van der Waals surface area contributed by atoms with E-state index in [0.29, 0.717) is 16.6 Å². The molecule has 3 aromatic rings. The van der Waals surface area contributed by atoms with E-state index in [-0.39, 0.29) is 17.6 Å². The minimum atomic E-state index is -4.51. The number of halogens is 4. The summed E-state index contributed by atoms with van der Waals surface area (Å²) >= 11 is 0. The van der Waals surface area contributed by atoms with Crippen molar-refractivity contribution in [1.82, 2.24) is 30.5 Å². The first-order valence-corrected chi connectivity index (χ1v) is 8.58. The summed E-state index contributed by atoms with van der Waals surface area (Å²) in [7, 11) is 0. The van der Waals surface area contributed by atoms with Gasteiger partial charge in [0.25, 0.3) is 0 Å². The number of nitrogens with one attached hydrogen (secondary N) is 3. The number of fused-ring (bicyclic) bond motifs is 1. The van der Waals surface area contributed by atoms with E-state index in [0.717, 1.165) is 6.20 Å². The SMILES string of the molecule is CC(C)[C@@H](Nc1cnnc(-c2c[nH]c3ncc(F)cc23)n1)C(=O)NCC(F)(F)F. The maximum atomic E-state index is 13.5. The molecule has 3 aromatic heterocycles. The van der Waals surface area contributed by atoms with Crippen LogP contribution in [0.25, 0.3) is 22.4 Å². The third-order valence-electron chi connectivity index (χ3n) is 4.01. The summed E-state index contributed by atoms with van der Waals surface area (Å²) in [5.74, 6) is -1.44. The van der Waals surface area contributed by atoms with Crippen LogP contribution in [0.5, 0.6) is 0 Å². The molecule has 29 heavy (non-hydrogen) atoms. The molecule has 0 saturated heterocycles. The Balaban J connectivity index is 1.84. The fourth-order valence-corrected chi connectivity index (χ4v) is 2.64. The molecule has 0 fully saturated rings. The molecule has 0 aromatic carbocycles. The third-order valence-corrected chi connectivity index (χ3v) is 4.01. The molecule has 154 valence electrons. The second-order valence-corrected chi connectivity index (χ2v) is 6.62. The molecule has 8 nitrogen and oxygen atoms in total. The summed E-state index contributed by atoms with van der Waals surface area (Å²) in [5, 5.41) is 12.8. The standard InChI is InChI=1S/C17H17F4N7O/c1-8(2)13(16(29)24-7-17(19,20)21)26-12-6-25-28-15(27-12)11-5-23-14-10(11)3-9(18)4-22-14/h3-6,8,13H,7H2,1-2H3,(H,22,23)(H,24,29)(H,26,27,28)/t13-/m1/s1. The maximum absolute atomic E-state index is 13.5. The van der Waals surface area contributed by atoms with Crippen molar-refractivity contribution in [3.8, 4) is 11.4 Å². The molecule has 0 saturated carbocycles. The number of anilines is 1. The minimum Gasteiger partial charge on any atom is -0.357 e. The lowest BCUT2D eigenvalue weighted by atomic mass is 10.0. The highest BCUT2D eigenvalue weighted by Gasteiger charge is 2.30. The number of H-pyrrole nitrogens is 1. The van der Waals surface area contributed by atoms with Crippen LogP contribution in [0, 0.1) is 11.7 Å². The molecule has 0 aliphatic heterocycles. The van der Waals surface area contributed by atoms with E-state index in [4.69, 9.17) is 0 Å². The van der Waals surface area contributed by atoms with E-state index in [1.807, 2.05) is 5.32 Å². The summed E-state index contributed by atoms with van der Waals surface area (Å²) in [6.45, 7) is 1.92. The average molecular weight is 411 g/mol. The number of hydrogen-bond acceptors (Lipinski definition) is 6. The number of alkyl halides is 3. The Labute approximate surface area is 162 Å². The van der Waals surface area contributed by atoms with E-state index in [2.05, 4.69) is 30.5 Å². The van der Waals surface area contributed by atoms with Gasteiger partial charge in [-0.05, 0) is 12.0 Å². The first-order valence-electron chi connectivity index (χ1n) is 8.58. The predicted molar refractivity (Wildman–Crippen MR) is 96.2 cm³/mol. The van der Waals surface area contributed by atoms with Gasteiger partial charge in [-0.15, -0.1) is 5.10 Å². The van der Waals surface area contributed by atoms with E-state index in [9.17, 15) is 22.4 Å². The topological polar surface area (TPSA) is 108 Å². The first kappa shape index (κ1) is 20.4. The highest BCUT2D eigenvalue weighted by atomic mass is 19.4. The van der Waals surface area contributed by atoms with Crippen LogP contribution in [0.2, 0.25) is 0 Å². The van der Waals surface area contributed by atoms with Crippen LogP contribution in [0.15, 0.2) is 24.7 Å². The van der Waals surface area contributed by atoms with Gasteiger partial charge in [-0.1, -0.05) is 13.8 Å². The number of hydrogen-bond donors (Lipinski definition) is 3. The molecule has 0 bridgehead atoms.